The molecule has 1 aliphatic carbocycles. The van der Waals surface area contributed by atoms with Gasteiger partial charge in [-0.15, -0.1) is 0 Å². The van der Waals surface area contributed by atoms with E-state index in [4.69, 9.17) is 0 Å². The van der Waals surface area contributed by atoms with Crippen LogP contribution < -0.4 is 5.32 Å². The second-order valence-corrected chi connectivity index (χ2v) is 4.84. The topological polar surface area (TPSA) is 15.3 Å². The predicted molar refractivity (Wildman–Crippen MR) is 62.6 cm³/mol. The van der Waals surface area contributed by atoms with E-state index in [1.54, 1.807) is 0 Å². The van der Waals surface area contributed by atoms with E-state index >= 15 is 0 Å². The fraction of sp³-hybridized carbons (Fsp3) is 1.00. The van der Waals surface area contributed by atoms with Gasteiger partial charge in [0.25, 0.3) is 0 Å². The highest BCUT2D eigenvalue weighted by Crippen LogP contribution is 2.30. The molecule has 84 valence electrons. The fourth-order valence-corrected chi connectivity index (χ4v) is 2.07. The van der Waals surface area contributed by atoms with Crippen LogP contribution in [0.25, 0.3) is 0 Å². The highest BCUT2D eigenvalue weighted by atomic mass is 15.1. The molecule has 0 heterocycles. The second kappa shape index (κ2) is 6.41. The first kappa shape index (κ1) is 12.0. The quantitative estimate of drug-likeness (QED) is 0.674. The van der Waals surface area contributed by atoms with Crippen molar-refractivity contribution in [1.29, 1.82) is 0 Å². The van der Waals surface area contributed by atoms with Gasteiger partial charge < -0.3 is 10.2 Å². The van der Waals surface area contributed by atoms with Crippen LogP contribution in [0.1, 0.15) is 39.0 Å². The molecule has 2 nitrogen and oxygen atoms in total. The third-order valence-electron chi connectivity index (χ3n) is 3.26. The molecular weight excluding hydrogens is 172 g/mol. The molecule has 1 fully saturated rings. The van der Waals surface area contributed by atoms with E-state index in [9.17, 15) is 0 Å². The molecule has 0 spiro atoms. The summed E-state index contributed by atoms with van der Waals surface area (Å²) in [4.78, 5) is 2.29. The average molecular weight is 198 g/mol. The Labute approximate surface area is 89.1 Å². The summed E-state index contributed by atoms with van der Waals surface area (Å²) >= 11 is 0. The van der Waals surface area contributed by atoms with Gasteiger partial charge in [0, 0.05) is 6.04 Å². The van der Waals surface area contributed by atoms with Crippen molar-refractivity contribution in [3.63, 3.8) is 0 Å². The summed E-state index contributed by atoms with van der Waals surface area (Å²) < 4.78 is 0. The van der Waals surface area contributed by atoms with E-state index in [-0.39, 0.29) is 0 Å². The molecule has 0 aromatic heterocycles. The van der Waals surface area contributed by atoms with Crippen molar-refractivity contribution < 1.29 is 0 Å². The van der Waals surface area contributed by atoms with Crippen LogP contribution in [-0.4, -0.2) is 38.1 Å². The van der Waals surface area contributed by atoms with Crippen LogP contribution in [-0.2, 0) is 0 Å². The van der Waals surface area contributed by atoms with Crippen molar-refractivity contribution in [3.05, 3.63) is 0 Å². The minimum Gasteiger partial charge on any atom is -0.314 e. The van der Waals surface area contributed by atoms with Gasteiger partial charge in [-0.05, 0) is 58.8 Å². The Kier molecular flexibility index (Phi) is 5.49. The van der Waals surface area contributed by atoms with E-state index in [1.165, 1.54) is 45.2 Å². The van der Waals surface area contributed by atoms with E-state index in [0.717, 1.165) is 12.0 Å². The van der Waals surface area contributed by atoms with Crippen LogP contribution in [0.5, 0.6) is 0 Å². The summed E-state index contributed by atoms with van der Waals surface area (Å²) in [5.74, 6) is 0.974. The Morgan fingerprint density at radius 2 is 2.07 bits per heavy atom. The molecule has 1 aliphatic rings. The number of hydrogen-bond acceptors (Lipinski definition) is 2. The van der Waals surface area contributed by atoms with Gasteiger partial charge in [0.2, 0.25) is 0 Å². The first-order chi connectivity index (χ1) is 6.74. The number of rotatable bonds is 7. The zero-order valence-corrected chi connectivity index (χ0v) is 10.1. The van der Waals surface area contributed by atoms with Crippen LogP contribution in [0.4, 0.5) is 0 Å². The molecule has 0 saturated heterocycles. The van der Waals surface area contributed by atoms with Crippen LogP contribution in [0.2, 0.25) is 0 Å². The summed E-state index contributed by atoms with van der Waals surface area (Å²) in [6, 6.07) is 0.783. The number of nitrogens with zero attached hydrogens (tertiary/aromatic N) is 1. The first-order valence-electron chi connectivity index (χ1n) is 6.12. The molecule has 0 amide bonds. The maximum Gasteiger partial charge on any atom is 0.0107 e. The van der Waals surface area contributed by atoms with Crippen LogP contribution in [0.15, 0.2) is 0 Å². The Hall–Kier alpha value is -0.0800. The molecular formula is C12H26N2. The molecule has 2 heteroatoms. The standard InChI is InChI=1S/C12H26N2/c1-4-9-13-12(8-10-14(2)3)11-6-5-7-11/h11-13H,4-10H2,1-3H3. The second-order valence-electron chi connectivity index (χ2n) is 4.84. The van der Waals surface area contributed by atoms with Gasteiger partial charge in [-0.25, -0.2) is 0 Å². The highest BCUT2D eigenvalue weighted by molar-refractivity contribution is 4.83. The third-order valence-corrected chi connectivity index (χ3v) is 3.26. The van der Waals surface area contributed by atoms with Gasteiger partial charge in [0.15, 0.2) is 0 Å². The SMILES string of the molecule is CCCNC(CCN(C)C)C1CCC1. The van der Waals surface area contributed by atoms with Crippen molar-refractivity contribution in [2.24, 2.45) is 5.92 Å². The summed E-state index contributed by atoms with van der Waals surface area (Å²) in [5.41, 5.74) is 0. The van der Waals surface area contributed by atoms with Gasteiger partial charge in [0.05, 0.1) is 0 Å². The number of nitrogens with one attached hydrogen (secondary N) is 1. The van der Waals surface area contributed by atoms with Gasteiger partial charge in [-0.2, -0.15) is 0 Å². The normalized spacial score (nSPS) is 19.7. The third kappa shape index (κ3) is 3.97. The van der Waals surface area contributed by atoms with Gasteiger partial charge in [-0.3, -0.25) is 0 Å². The highest BCUT2D eigenvalue weighted by Gasteiger charge is 2.26. The molecule has 1 atom stereocenters. The Morgan fingerprint density at radius 1 is 1.36 bits per heavy atom. The minimum absolute atomic E-state index is 0.783. The summed E-state index contributed by atoms with van der Waals surface area (Å²) in [7, 11) is 4.33. The molecule has 1 rings (SSSR count). The van der Waals surface area contributed by atoms with Gasteiger partial charge in [0.1, 0.15) is 0 Å². The first-order valence-corrected chi connectivity index (χ1v) is 6.12. The molecule has 14 heavy (non-hydrogen) atoms. The van der Waals surface area contributed by atoms with E-state index < -0.39 is 0 Å². The summed E-state index contributed by atoms with van der Waals surface area (Å²) in [6.45, 7) is 4.66. The Balaban J connectivity index is 2.20. The Bertz CT molecular complexity index is 141. The van der Waals surface area contributed by atoms with Crippen molar-refractivity contribution in [1.82, 2.24) is 10.2 Å². The molecule has 1 unspecified atom stereocenters. The van der Waals surface area contributed by atoms with Crippen LogP contribution in [0.3, 0.4) is 0 Å². The predicted octanol–water partition coefficient (Wildman–Crippen LogP) is 2.11. The lowest BCUT2D eigenvalue weighted by Gasteiger charge is -2.35. The van der Waals surface area contributed by atoms with Crippen LogP contribution in [0, 0.1) is 5.92 Å². The fourth-order valence-electron chi connectivity index (χ4n) is 2.07. The summed E-state index contributed by atoms with van der Waals surface area (Å²) in [6.07, 6.45) is 6.93. The monoisotopic (exact) mass is 198 g/mol. The van der Waals surface area contributed by atoms with Crippen molar-refractivity contribution >= 4 is 0 Å². The molecule has 0 aliphatic heterocycles. The lowest BCUT2D eigenvalue weighted by molar-refractivity contribution is 0.206. The summed E-state index contributed by atoms with van der Waals surface area (Å²) in [5, 5.41) is 3.70. The molecule has 0 aromatic rings. The van der Waals surface area contributed by atoms with Crippen LogP contribution >= 0.6 is 0 Å². The maximum absolute atomic E-state index is 3.70. The minimum atomic E-state index is 0.783. The molecule has 0 bridgehead atoms. The maximum atomic E-state index is 3.70. The zero-order chi connectivity index (χ0) is 10.4. The lowest BCUT2D eigenvalue weighted by Crippen LogP contribution is -2.41. The van der Waals surface area contributed by atoms with Crippen molar-refractivity contribution in [3.8, 4) is 0 Å². The van der Waals surface area contributed by atoms with E-state index in [2.05, 4.69) is 31.2 Å². The number of hydrogen-bond donors (Lipinski definition) is 1. The molecule has 0 radical (unpaired) electrons. The zero-order valence-electron chi connectivity index (χ0n) is 10.1. The van der Waals surface area contributed by atoms with Crippen molar-refractivity contribution in [2.45, 2.75) is 45.1 Å². The molecule has 0 aromatic carbocycles. The van der Waals surface area contributed by atoms with E-state index in [0.29, 0.717) is 0 Å². The molecule has 1 N–H and O–H groups in total. The largest absolute Gasteiger partial charge is 0.314 e. The average Bonchev–Trinajstić information content (AvgIpc) is 2.06. The van der Waals surface area contributed by atoms with Gasteiger partial charge in [-0.1, -0.05) is 13.3 Å². The van der Waals surface area contributed by atoms with Crippen molar-refractivity contribution in [2.75, 3.05) is 27.2 Å². The smallest absolute Gasteiger partial charge is 0.0107 e. The Morgan fingerprint density at radius 3 is 2.50 bits per heavy atom. The van der Waals surface area contributed by atoms with E-state index in [1.807, 2.05) is 0 Å². The lowest BCUT2D eigenvalue weighted by atomic mass is 9.78. The van der Waals surface area contributed by atoms with Gasteiger partial charge >= 0.3 is 0 Å². The molecule has 1 saturated carbocycles.